The van der Waals surface area contributed by atoms with Gasteiger partial charge < -0.3 is 10.1 Å². The molecule has 1 saturated heterocycles. The molecule has 118 valence electrons. The summed E-state index contributed by atoms with van der Waals surface area (Å²) >= 11 is 0. The zero-order valence-corrected chi connectivity index (χ0v) is 12.6. The van der Waals surface area contributed by atoms with Crippen LogP contribution in [0.5, 0.6) is 5.75 Å². The fourth-order valence-corrected chi connectivity index (χ4v) is 2.22. The van der Waals surface area contributed by atoms with Crippen LogP contribution in [0.2, 0.25) is 0 Å². The third kappa shape index (κ3) is 3.75. The number of hydrazine groups is 1. The minimum Gasteiger partial charge on any atom is -0.497 e. The SMILES string of the molecule is COc1ccc(CCNC(=O)CC2C(=O)NN(C)C2=O)cc1. The summed E-state index contributed by atoms with van der Waals surface area (Å²) < 4.78 is 5.07. The number of methoxy groups -OCH3 is 1. The van der Waals surface area contributed by atoms with Crippen LogP contribution in [0.15, 0.2) is 24.3 Å². The average Bonchev–Trinajstić information content (AvgIpc) is 2.74. The van der Waals surface area contributed by atoms with Gasteiger partial charge in [-0.2, -0.15) is 0 Å². The van der Waals surface area contributed by atoms with Gasteiger partial charge in [0, 0.05) is 20.0 Å². The van der Waals surface area contributed by atoms with Gasteiger partial charge in [-0.25, -0.2) is 0 Å². The summed E-state index contributed by atoms with van der Waals surface area (Å²) in [6.45, 7) is 0.448. The molecular weight excluding hydrogens is 286 g/mol. The Morgan fingerprint density at radius 3 is 2.55 bits per heavy atom. The van der Waals surface area contributed by atoms with E-state index in [-0.39, 0.29) is 18.2 Å². The third-order valence-electron chi connectivity index (χ3n) is 3.51. The molecule has 1 unspecified atom stereocenters. The lowest BCUT2D eigenvalue weighted by atomic mass is 10.0. The summed E-state index contributed by atoms with van der Waals surface area (Å²) in [6, 6.07) is 7.56. The van der Waals surface area contributed by atoms with Crippen LogP contribution in [0, 0.1) is 5.92 Å². The predicted octanol–water partition coefficient (Wildman–Crippen LogP) is -0.137. The first kappa shape index (κ1) is 15.8. The predicted molar refractivity (Wildman–Crippen MR) is 78.7 cm³/mol. The van der Waals surface area contributed by atoms with Crippen molar-refractivity contribution in [1.82, 2.24) is 15.8 Å². The molecule has 0 saturated carbocycles. The quantitative estimate of drug-likeness (QED) is 0.716. The molecule has 0 aromatic heterocycles. The van der Waals surface area contributed by atoms with Crippen LogP contribution < -0.4 is 15.5 Å². The van der Waals surface area contributed by atoms with Gasteiger partial charge in [-0.05, 0) is 24.1 Å². The lowest BCUT2D eigenvalue weighted by molar-refractivity contribution is -0.135. The number of carbonyl (C=O) groups is 3. The summed E-state index contributed by atoms with van der Waals surface area (Å²) in [5.74, 6) is -1.26. The van der Waals surface area contributed by atoms with Crippen LogP contribution in [0.4, 0.5) is 0 Å². The van der Waals surface area contributed by atoms with Gasteiger partial charge in [-0.3, -0.25) is 24.8 Å². The molecule has 0 spiro atoms. The molecule has 0 bridgehead atoms. The molecule has 7 nitrogen and oxygen atoms in total. The largest absolute Gasteiger partial charge is 0.497 e. The molecule has 1 atom stereocenters. The Kier molecular flexibility index (Phi) is 4.98. The first-order chi connectivity index (χ1) is 10.5. The summed E-state index contributed by atoms with van der Waals surface area (Å²) in [6.07, 6.45) is 0.540. The summed E-state index contributed by atoms with van der Waals surface area (Å²) in [4.78, 5) is 35.0. The van der Waals surface area contributed by atoms with Crippen molar-refractivity contribution in [3.8, 4) is 5.75 Å². The van der Waals surface area contributed by atoms with Crippen LogP contribution in [-0.4, -0.2) is 43.4 Å². The number of benzene rings is 1. The number of nitrogens with one attached hydrogen (secondary N) is 2. The normalized spacial score (nSPS) is 17.4. The van der Waals surface area contributed by atoms with E-state index in [0.717, 1.165) is 16.3 Å². The Hall–Kier alpha value is -2.57. The van der Waals surface area contributed by atoms with Gasteiger partial charge >= 0.3 is 0 Å². The number of rotatable bonds is 6. The zero-order valence-electron chi connectivity index (χ0n) is 12.6. The minimum atomic E-state index is -0.925. The lowest BCUT2D eigenvalue weighted by Crippen LogP contribution is -2.31. The second-order valence-electron chi connectivity index (χ2n) is 5.08. The molecule has 1 heterocycles. The Morgan fingerprint density at radius 2 is 2.00 bits per heavy atom. The maximum absolute atomic E-state index is 11.8. The van der Waals surface area contributed by atoms with Crippen molar-refractivity contribution in [2.45, 2.75) is 12.8 Å². The van der Waals surface area contributed by atoms with Crippen molar-refractivity contribution < 1.29 is 19.1 Å². The first-order valence-electron chi connectivity index (χ1n) is 6.99. The van der Waals surface area contributed by atoms with Crippen molar-refractivity contribution in [1.29, 1.82) is 0 Å². The van der Waals surface area contributed by atoms with E-state index in [1.807, 2.05) is 24.3 Å². The van der Waals surface area contributed by atoms with E-state index in [1.54, 1.807) is 7.11 Å². The molecule has 1 aromatic rings. The number of hydrogen-bond acceptors (Lipinski definition) is 4. The number of amides is 3. The highest BCUT2D eigenvalue weighted by Gasteiger charge is 2.38. The highest BCUT2D eigenvalue weighted by Crippen LogP contribution is 2.13. The van der Waals surface area contributed by atoms with Gasteiger partial charge in [0.05, 0.1) is 7.11 Å². The molecule has 0 aliphatic carbocycles. The number of ether oxygens (including phenoxy) is 1. The van der Waals surface area contributed by atoms with Gasteiger partial charge in [-0.15, -0.1) is 0 Å². The molecule has 22 heavy (non-hydrogen) atoms. The molecule has 0 radical (unpaired) electrons. The van der Waals surface area contributed by atoms with E-state index in [4.69, 9.17) is 4.74 Å². The Labute approximate surface area is 128 Å². The van der Waals surface area contributed by atoms with Gasteiger partial charge in [0.15, 0.2) is 0 Å². The molecule has 3 amide bonds. The van der Waals surface area contributed by atoms with Crippen LogP contribution in [-0.2, 0) is 20.8 Å². The summed E-state index contributed by atoms with van der Waals surface area (Å²) in [5.41, 5.74) is 3.43. The van der Waals surface area contributed by atoms with Crippen molar-refractivity contribution >= 4 is 17.7 Å². The topological polar surface area (TPSA) is 87.7 Å². The third-order valence-corrected chi connectivity index (χ3v) is 3.51. The number of hydrogen-bond donors (Lipinski definition) is 2. The smallest absolute Gasteiger partial charge is 0.253 e. The van der Waals surface area contributed by atoms with E-state index in [9.17, 15) is 14.4 Å². The van der Waals surface area contributed by atoms with E-state index in [1.165, 1.54) is 7.05 Å². The highest BCUT2D eigenvalue weighted by molar-refractivity contribution is 6.07. The first-order valence-corrected chi connectivity index (χ1v) is 6.99. The lowest BCUT2D eigenvalue weighted by Gasteiger charge is -2.08. The highest BCUT2D eigenvalue weighted by atomic mass is 16.5. The van der Waals surface area contributed by atoms with Crippen molar-refractivity contribution in [3.05, 3.63) is 29.8 Å². The second kappa shape index (κ2) is 6.93. The standard InChI is InChI=1S/C15H19N3O4/c1-18-15(21)12(14(20)17-18)9-13(19)16-8-7-10-3-5-11(22-2)6-4-10/h3-6,12H,7-9H2,1-2H3,(H,16,19)(H,17,20). The molecule has 7 heteroatoms. The van der Waals surface area contributed by atoms with Crippen LogP contribution >= 0.6 is 0 Å². The van der Waals surface area contributed by atoms with E-state index in [2.05, 4.69) is 10.7 Å². The summed E-state index contributed by atoms with van der Waals surface area (Å²) in [7, 11) is 3.06. The fraction of sp³-hybridized carbons (Fsp3) is 0.400. The monoisotopic (exact) mass is 305 g/mol. The van der Waals surface area contributed by atoms with Crippen molar-refractivity contribution in [2.75, 3.05) is 20.7 Å². The minimum absolute atomic E-state index is 0.127. The van der Waals surface area contributed by atoms with Crippen LogP contribution in [0.3, 0.4) is 0 Å². The molecular formula is C15H19N3O4. The Morgan fingerprint density at radius 1 is 1.32 bits per heavy atom. The van der Waals surface area contributed by atoms with E-state index >= 15 is 0 Å². The maximum atomic E-state index is 11.8. The Balaban J connectivity index is 1.76. The van der Waals surface area contributed by atoms with Gasteiger partial charge in [-0.1, -0.05) is 12.1 Å². The zero-order chi connectivity index (χ0) is 16.1. The number of carbonyl (C=O) groups excluding carboxylic acids is 3. The van der Waals surface area contributed by atoms with Gasteiger partial charge in [0.1, 0.15) is 11.7 Å². The van der Waals surface area contributed by atoms with E-state index in [0.29, 0.717) is 13.0 Å². The number of nitrogens with zero attached hydrogens (tertiary/aromatic N) is 1. The fourth-order valence-electron chi connectivity index (χ4n) is 2.22. The van der Waals surface area contributed by atoms with Crippen molar-refractivity contribution in [3.63, 3.8) is 0 Å². The summed E-state index contributed by atoms with van der Waals surface area (Å²) in [5, 5.41) is 3.83. The second-order valence-corrected chi connectivity index (χ2v) is 5.08. The van der Waals surface area contributed by atoms with Gasteiger partial charge in [0.25, 0.3) is 11.8 Å². The molecule has 1 aliphatic rings. The Bertz CT molecular complexity index is 571. The average molecular weight is 305 g/mol. The molecule has 1 aromatic carbocycles. The molecule has 2 N–H and O–H groups in total. The maximum Gasteiger partial charge on any atom is 0.253 e. The molecule has 1 aliphatic heterocycles. The van der Waals surface area contributed by atoms with Crippen LogP contribution in [0.25, 0.3) is 0 Å². The van der Waals surface area contributed by atoms with Gasteiger partial charge in [0.2, 0.25) is 5.91 Å². The molecule has 2 rings (SSSR count). The van der Waals surface area contributed by atoms with E-state index < -0.39 is 11.8 Å². The molecule has 1 fully saturated rings. The van der Waals surface area contributed by atoms with Crippen molar-refractivity contribution in [2.24, 2.45) is 5.92 Å². The van der Waals surface area contributed by atoms with Crippen LogP contribution in [0.1, 0.15) is 12.0 Å².